The highest BCUT2D eigenvalue weighted by Crippen LogP contribution is 2.26. The Morgan fingerprint density at radius 1 is 1.17 bits per heavy atom. The number of halogens is 2. The lowest BCUT2D eigenvalue weighted by Gasteiger charge is -2.33. The number of nitro benzene ring substituents is 1. The molecule has 0 unspecified atom stereocenters. The van der Waals surface area contributed by atoms with Gasteiger partial charge in [-0.15, -0.1) is 0 Å². The second kappa shape index (κ2) is 9.04. The van der Waals surface area contributed by atoms with Crippen LogP contribution in [0.1, 0.15) is 0 Å². The van der Waals surface area contributed by atoms with Crippen molar-refractivity contribution in [1.82, 2.24) is 9.21 Å². The van der Waals surface area contributed by atoms with Crippen molar-refractivity contribution >= 4 is 38.9 Å². The number of benzene rings is 2. The summed E-state index contributed by atoms with van der Waals surface area (Å²) >= 11 is 5.97. The minimum atomic E-state index is -3.81. The van der Waals surface area contributed by atoms with Gasteiger partial charge in [0.05, 0.1) is 27.1 Å². The summed E-state index contributed by atoms with van der Waals surface area (Å²) in [4.78, 5) is 24.1. The summed E-state index contributed by atoms with van der Waals surface area (Å²) < 4.78 is 39.9. The molecule has 2 aromatic carbocycles. The lowest BCUT2D eigenvalue weighted by molar-refractivity contribution is -0.384. The number of hydrogen-bond acceptors (Lipinski definition) is 6. The maximum atomic E-state index is 13.4. The topological polar surface area (TPSA) is 113 Å². The number of sulfonamides is 1. The van der Waals surface area contributed by atoms with E-state index in [0.717, 1.165) is 12.1 Å². The lowest BCUT2D eigenvalue weighted by Crippen LogP contribution is -2.50. The van der Waals surface area contributed by atoms with E-state index in [9.17, 15) is 27.7 Å². The van der Waals surface area contributed by atoms with Crippen molar-refractivity contribution in [2.45, 2.75) is 4.90 Å². The molecule has 3 rings (SSSR count). The summed E-state index contributed by atoms with van der Waals surface area (Å²) in [7, 11) is -3.81. The molecule has 12 heteroatoms. The second-order valence-corrected chi connectivity index (χ2v) is 8.95. The number of nitrogens with zero attached hydrogens (tertiary/aromatic N) is 3. The molecule has 0 atom stereocenters. The van der Waals surface area contributed by atoms with Crippen LogP contribution in [0.15, 0.2) is 47.4 Å². The number of nitro groups is 1. The van der Waals surface area contributed by atoms with Gasteiger partial charge in [-0.05, 0) is 24.3 Å². The molecular formula is C18H18ClFN4O5S. The third kappa shape index (κ3) is 5.11. The molecule has 0 radical (unpaired) electrons. The Hall–Kier alpha value is -2.60. The van der Waals surface area contributed by atoms with Crippen molar-refractivity contribution in [2.75, 3.05) is 38.0 Å². The van der Waals surface area contributed by atoms with E-state index in [1.165, 1.54) is 34.6 Å². The van der Waals surface area contributed by atoms with Gasteiger partial charge in [-0.1, -0.05) is 17.7 Å². The molecule has 1 heterocycles. The van der Waals surface area contributed by atoms with Gasteiger partial charge in [-0.2, -0.15) is 4.31 Å². The quantitative estimate of drug-likeness (QED) is 0.527. The van der Waals surface area contributed by atoms with Crippen LogP contribution in [0.25, 0.3) is 0 Å². The number of carbonyl (C=O) groups excluding carboxylic acids is 1. The van der Waals surface area contributed by atoms with Crippen LogP contribution < -0.4 is 5.32 Å². The van der Waals surface area contributed by atoms with Gasteiger partial charge in [-0.3, -0.25) is 19.8 Å². The summed E-state index contributed by atoms with van der Waals surface area (Å²) in [5.74, 6) is -1.01. The van der Waals surface area contributed by atoms with E-state index < -0.39 is 20.8 Å². The fourth-order valence-corrected chi connectivity index (χ4v) is 4.69. The van der Waals surface area contributed by atoms with Crippen molar-refractivity contribution in [3.63, 3.8) is 0 Å². The molecule has 160 valence electrons. The predicted molar refractivity (Wildman–Crippen MR) is 108 cm³/mol. The molecule has 1 N–H and O–H groups in total. The first-order valence-corrected chi connectivity index (χ1v) is 10.7. The summed E-state index contributed by atoms with van der Waals surface area (Å²) in [5.41, 5.74) is 0.0632. The fraction of sp³-hybridized carbons (Fsp3) is 0.278. The second-order valence-electron chi connectivity index (χ2n) is 6.61. The van der Waals surface area contributed by atoms with Gasteiger partial charge in [0.1, 0.15) is 5.82 Å². The van der Waals surface area contributed by atoms with Crippen molar-refractivity contribution in [3.05, 3.63) is 63.4 Å². The Morgan fingerprint density at radius 3 is 2.47 bits per heavy atom. The standard InChI is InChI=1S/C18H18ClFN4O5S/c19-16-11-14(24(26)27)4-5-17(16)21-18(25)12-22-6-8-23(9-7-22)30(28,29)15-3-1-2-13(20)10-15/h1-5,10-11H,6-9,12H2,(H,21,25). The zero-order chi connectivity index (χ0) is 21.9. The number of hydrogen-bond donors (Lipinski definition) is 1. The Bertz CT molecular complexity index is 1070. The van der Waals surface area contributed by atoms with Crippen LogP contribution in [-0.4, -0.2) is 61.2 Å². The third-order valence-corrected chi connectivity index (χ3v) is 6.78. The van der Waals surface area contributed by atoms with Crippen molar-refractivity contribution in [2.24, 2.45) is 0 Å². The van der Waals surface area contributed by atoms with Crippen LogP contribution in [0.5, 0.6) is 0 Å². The molecular weight excluding hydrogens is 439 g/mol. The Balaban J connectivity index is 1.56. The van der Waals surface area contributed by atoms with Gasteiger partial charge in [-0.25, -0.2) is 12.8 Å². The van der Waals surface area contributed by atoms with E-state index in [4.69, 9.17) is 11.6 Å². The minimum Gasteiger partial charge on any atom is -0.324 e. The van der Waals surface area contributed by atoms with Gasteiger partial charge in [0, 0.05) is 38.3 Å². The molecule has 0 aliphatic carbocycles. The highest BCUT2D eigenvalue weighted by molar-refractivity contribution is 7.89. The summed E-state index contributed by atoms with van der Waals surface area (Å²) in [6.45, 7) is 0.946. The van der Waals surface area contributed by atoms with E-state index in [2.05, 4.69) is 5.32 Å². The molecule has 1 amide bonds. The number of piperazine rings is 1. The molecule has 1 aliphatic heterocycles. The zero-order valence-corrected chi connectivity index (χ0v) is 17.2. The average Bonchev–Trinajstić information content (AvgIpc) is 2.69. The minimum absolute atomic E-state index is 0.00116. The molecule has 1 fully saturated rings. The molecule has 0 aromatic heterocycles. The van der Waals surface area contributed by atoms with Crippen LogP contribution in [-0.2, 0) is 14.8 Å². The zero-order valence-electron chi connectivity index (χ0n) is 15.6. The van der Waals surface area contributed by atoms with Crippen molar-refractivity contribution in [1.29, 1.82) is 0 Å². The molecule has 0 bridgehead atoms. The van der Waals surface area contributed by atoms with Crippen LogP contribution in [0.3, 0.4) is 0 Å². The van der Waals surface area contributed by atoms with Crippen LogP contribution in [0.2, 0.25) is 5.02 Å². The smallest absolute Gasteiger partial charge is 0.271 e. The van der Waals surface area contributed by atoms with Gasteiger partial charge in [0.15, 0.2) is 0 Å². The Labute approximate surface area is 177 Å². The normalized spacial score (nSPS) is 15.7. The number of rotatable bonds is 6. The number of carbonyl (C=O) groups is 1. The van der Waals surface area contributed by atoms with Crippen molar-refractivity contribution in [3.8, 4) is 0 Å². The van der Waals surface area contributed by atoms with Crippen LogP contribution in [0.4, 0.5) is 15.8 Å². The van der Waals surface area contributed by atoms with E-state index in [0.29, 0.717) is 13.1 Å². The molecule has 0 saturated carbocycles. The summed E-state index contributed by atoms with van der Waals surface area (Å²) in [6, 6.07) is 8.56. The molecule has 1 saturated heterocycles. The molecule has 1 aliphatic rings. The third-order valence-electron chi connectivity index (χ3n) is 4.57. The predicted octanol–water partition coefficient (Wildman–Crippen LogP) is 2.33. The van der Waals surface area contributed by atoms with Crippen molar-refractivity contribution < 1.29 is 22.5 Å². The van der Waals surface area contributed by atoms with Gasteiger partial charge in [0.25, 0.3) is 5.69 Å². The molecule has 9 nitrogen and oxygen atoms in total. The maximum Gasteiger partial charge on any atom is 0.271 e. The first-order valence-electron chi connectivity index (χ1n) is 8.88. The number of non-ortho nitro benzene ring substituents is 1. The van der Waals surface area contributed by atoms with Gasteiger partial charge >= 0.3 is 0 Å². The highest BCUT2D eigenvalue weighted by Gasteiger charge is 2.29. The fourth-order valence-electron chi connectivity index (χ4n) is 3.02. The monoisotopic (exact) mass is 456 g/mol. The largest absolute Gasteiger partial charge is 0.324 e. The highest BCUT2D eigenvalue weighted by atomic mass is 35.5. The number of amides is 1. The van der Waals surface area contributed by atoms with Crippen LogP contribution >= 0.6 is 11.6 Å². The SMILES string of the molecule is O=C(CN1CCN(S(=O)(=O)c2cccc(F)c2)CC1)Nc1ccc([N+](=O)[O-])cc1Cl. The van der Waals surface area contributed by atoms with E-state index in [-0.39, 0.29) is 46.8 Å². The molecule has 30 heavy (non-hydrogen) atoms. The molecule has 0 spiro atoms. The molecule has 2 aromatic rings. The van der Waals surface area contributed by atoms with E-state index >= 15 is 0 Å². The number of anilines is 1. The summed E-state index contributed by atoms with van der Waals surface area (Å²) in [6.07, 6.45) is 0. The first kappa shape index (κ1) is 22.1. The average molecular weight is 457 g/mol. The Kier molecular flexibility index (Phi) is 6.66. The summed E-state index contributed by atoms with van der Waals surface area (Å²) in [5, 5.41) is 13.4. The van der Waals surface area contributed by atoms with E-state index in [1.807, 2.05) is 0 Å². The maximum absolute atomic E-state index is 13.4. The van der Waals surface area contributed by atoms with Gasteiger partial charge in [0.2, 0.25) is 15.9 Å². The first-order chi connectivity index (χ1) is 14.2. The lowest BCUT2D eigenvalue weighted by atomic mass is 10.2. The number of nitrogens with one attached hydrogen (secondary N) is 1. The van der Waals surface area contributed by atoms with E-state index in [1.54, 1.807) is 4.90 Å². The Morgan fingerprint density at radius 2 is 1.87 bits per heavy atom. The van der Waals surface area contributed by atoms with Gasteiger partial charge < -0.3 is 5.32 Å². The van der Waals surface area contributed by atoms with Crippen LogP contribution in [0, 0.1) is 15.9 Å².